The van der Waals surface area contributed by atoms with Crippen LogP contribution in [0.3, 0.4) is 0 Å². The van der Waals surface area contributed by atoms with Crippen LogP contribution in [0.1, 0.15) is 43.9 Å². The molecule has 3 aromatic rings. The van der Waals surface area contributed by atoms with Crippen molar-refractivity contribution in [2.24, 2.45) is 5.41 Å². The zero-order valence-electron chi connectivity index (χ0n) is 18.1. The van der Waals surface area contributed by atoms with Gasteiger partial charge >= 0.3 is 5.97 Å². The Kier molecular flexibility index (Phi) is 4.77. The van der Waals surface area contributed by atoms with Crippen molar-refractivity contribution in [3.8, 4) is 5.75 Å². The van der Waals surface area contributed by atoms with Crippen molar-refractivity contribution in [1.29, 1.82) is 0 Å². The quantitative estimate of drug-likeness (QED) is 0.566. The number of fused-ring (bicyclic) bond motifs is 4. The predicted molar refractivity (Wildman–Crippen MR) is 125 cm³/mol. The number of carboxylic acid groups (broad SMARTS) is 1. The predicted octanol–water partition coefficient (Wildman–Crippen LogP) is 5.61. The van der Waals surface area contributed by atoms with Crippen LogP contribution in [0.4, 0.5) is 5.69 Å². The molecule has 5 rings (SSSR count). The van der Waals surface area contributed by atoms with E-state index in [9.17, 15) is 9.59 Å². The van der Waals surface area contributed by atoms with Gasteiger partial charge in [-0.25, -0.2) is 4.79 Å². The molecule has 0 saturated heterocycles. The van der Waals surface area contributed by atoms with Crippen LogP contribution in [0.2, 0.25) is 0 Å². The zero-order chi connectivity index (χ0) is 22.5. The lowest BCUT2D eigenvalue weighted by Crippen LogP contribution is -2.33. The molecule has 2 aliphatic rings. The number of nitrogens with one attached hydrogen (secondary N) is 1. The number of ether oxygens (including phenoxy) is 1. The number of carbonyl (C=O) groups excluding carboxylic acids is 1. The highest BCUT2D eigenvalue weighted by molar-refractivity contribution is 6.12. The number of Topliss-reactive ketones (excluding diaryl/α,β-unsaturated/α-hetero) is 1. The molecule has 5 heteroatoms. The first-order valence-electron chi connectivity index (χ1n) is 10.8. The molecule has 0 radical (unpaired) electrons. The maximum absolute atomic E-state index is 13.4. The summed E-state index contributed by atoms with van der Waals surface area (Å²) in [6, 6.07) is 19.6. The SMILES string of the molecule is CC1(C)CC(=O)C2=C(C1)c1c(ccc3ccccc13)N[C@H]2c1ccc(OCC(=O)O)cc1. The van der Waals surface area contributed by atoms with Crippen molar-refractivity contribution in [3.63, 3.8) is 0 Å². The molecule has 0 bridgehead atoms. The minimum atomic E-state index is -1.02. The van der Waals surface area contributed by atoms with Crippen LogP contribution in [-0.2, 0) is 9.59 Å². The minimum Gasteiger partial charge on any atom is -0.482 e. The Hall–Kier alpha value is -3.60. The highest BCUT2D eigenvalue weighted by atomic mass is 16.5. The van der Waals surface area contributed by atoms with E-state index in [0.717, 1.165) is 45.2 Å². The molecule has 1 atom stereocenters. The third-order valence-electron chi connectivity index (χ3n) is 6.32. The first kappa shape index (κ1) is 20.3. The number of benzene rings is 3. The standard InChI is InChI=1S/C27H25NO4/c1-27(2)13-20-24-19-6-4-3-5-16(19)9-12-21(24)28-26(25(20)22(29)14-27)17-7-10-18(11-8-17)32-15-23(30)31/h3-12,26,28H,13-15H2,1-2H3,(H,30,31)/t26-/m0/s1. The summed E-state index contributed by atoms with van der Waals surface area (Å²) in [5.74, 6) is -0.348. The largest absolute Gasteiger partial charge is 0.482 e. The van der Waals surface area contributed by atoms with Gasteiger partial charge < -0.3 is 15.2 Å². The molecule has 1 aliphatic carbocycles. The van der Waals surface area contributed by atoms with Crippen molar-refractivity contribution in [3.05, 3.63) is 77.4 Å². The van der Waals surface area contributed by atoms with Gasteiger partial charge in [0.15, 0.2) is 12.4 Å². The van der Waals surface area contributed by atoms with E-state index in [1.807, 2.05) is 24.3 Å². The monoisotopic (exact) mass is 427 g/mol. The summed E-state index contributed by atoms with van der Waals surface area (Å²) in [5, 5.41) is 14.8. The molecule has 1 aliphatic heterocycles. The second-order valence-electron chi connectivity index (χ2n) is 9.37. The fourth-order valence-corrected chi connectivity index (χ4v) is 4.99. The van der Waals surface area contributed by atoms with Gasteiger partial charge in [-0.1, -0.05) is 56.3 Å². The zero-order valence-corrected chi connectivity index (χ0v) is 18.1. The van der Waals surface area contributed by atoms with Crippen molar-refractivity contribution < 1.29 is 19.4 Å². The number of rotatable bonds is 4. The Morgan fingerprint density at radius 1 is 1.06 bits per heavy atom. The fourth-order valence-electron chi connectivity index (χ4n) is 4.99. The first-order chi connectivity index (χ1) is 15.3. The normalized spacial score (nSPS) is 19.2. The second-order valence-corrected chi connectivity index (χ2v) is 9.37. The van der Waals surface area contributed by atoms with Crippen LogP contribution >= 0.6 is 0 Å². The molecule has 0 spiro atoms. The maximum Gasteiger partial charge on any atom is 0.341 e. The number of hydrogen-bond acceptors (Lipinski definition) is 4. The number of anilines is 1. The van der Waals surface area contributed by atoms with E-state index in [2.05, 4.69) is 43.4 Å². The lowest BCUT2D eigenvalue weighted by molar-refractivity contribution is -0.139. The molecule has 3 aromatic carbocycles. The second kappa shape index (κ2) is 7.52. The number of ketones is 1. The Morgan fingerprint density at radius 2 is 1.81 bits per heavy atom. The average molecular weight is 428 g/mol. The van der Waals surface area contributed by atoms with E-state index in [0.29, 0.717) is 12.2 Å². The molecular weight excluding hydrogens is 402 g/mol. The van der Waals surface area contributed by atoms with E-state index in [1.165, 1.54) is 0 Å². The van der Waals surface area contributed by atoms with Gasteiger partial charge in [0.2, 0.25) is 0 Å². The molecule has 5 nitrogen and oxygen atoms in total. The molecule has 0 amide bonds. The number of carboxylic acids is 1. The number of allylic oxidation sites excluding steroid dienone is 1. The number of hydrogen-bond donors (Lipinski definition) is 2. The maximum atomic E-state index is 13.4. The smallest absolute Gasteiger partial charge is 0.341 e. The van der Waals surface area contributed by atoms with Gasteiger partial charge in [0.25, 0.3) is 0 Å². The number of carbonyl (C=O) groups is 2. The molecule has 0 aromatic heterocycles. The summed E-state index contributed by atoms with van der Waals surface area (Å²) in [5.41, 5.74) is 4.99. The van der Waals surface area contributed by atoms with Crippen LogP contribution in [0.25, 0.3) is 16.3 Å². The van der Waals surface area contributed by atoms with Crippen LogP contribution in [0.5, 0.6) is 5.75 Å². The van der Waals surface area contributed by atoms with Gasteiger partial charge in [0.1, 0.15) is 5.75 Å². The van der Waals surface area contributed by atoms with Gasteiger partial charge in [0.05, 0.1) is 6.04 Å². The molecule has 32 heavy (non-hydrogen) atoms. The minimum absolute atomic E-state index is 0.0967. The van der Waals surface area contributed by atoms with Gasteiger partial charge in [-0.05, 0) is 51.9 Å². The van der Waals surface area contributed by atoms with E-state index < -0.39 is 5.97 Å². The lowest BCUT2D eigenvalue weighted by Gasteiger charge is -2.40. The summed E-state index contributed by atoms with van der Waals surface area (Å²) in [6.45, 7) is 3.93. The molecular formula is C27H25NO4. The summed E-state index contributed by atoms with van der Waals surface area (Å²) < 4.78 is 5.27. The van der Waals surface area contributed by atoms with Gasteiger partial charge in [-0.3, -0.25) is 4.79 Å². The molecule has 0 saturated carbocycles. The summed E-state index contributed by atoms with van der Waals surface area (Å²) >= 11 is 0. The third-order valence-corrected chi connectivity index (χ3v) is 6.32. The van der Waals surface area contributed by atoms with E-state index in [4.69, 9.17) is 9.84 Å². The molecule has 0 unspecified atom stereocenters. The Bertz CT molecular complexity index is 1270. The van der Waals surface area contributed by atoms with Crippen LogP contribution in [0.15, 0.2) is 66.2 Å². The van der Waals surface area contributed by atoms with Crippen molar-refractivity contribution in [2.45, 2.75) is 32.7 Å². The first-order valence-corrected chi connectivity index (χ1v) is 10.8. The molecule has 1 heterocycles. The number of aliphatic carboxylic acids is 1. The molecule has 2 N–H and O–H groups in total. The van der Waals surface area contributed by atoms with Gasteiger partial charge in [-0.2, -0.15) is 0 Å². The Labute approximate surface area is 186 Å². The molecule has 162 valence electrons. The van der Waals surface area contributed by atoms with Crippen LogP contribution in [0, 0.1) is 5.41 Å². The van der Waals surface area contributed by atoms with Crippen LogP contribution in [-0.4, -0.2) is 23.5 Å². The van der Waals surface area contributed by atoms with Crippen LogP contribution < -0.4 is 10.1 Å². The van der Waals surface area contributed by atoms with E-state index in [-0.39, 0.29) is 23.8 Å². The van der Waals surface area contributed by atoms with Crippen molar-refractivity contribution in [1.82, 2.24) is 0 Å². The topological polar surface area (TPSA) is 75.6 Å². The van der Waals surface area contributed by atoms with Crippen molar-refractivity contribution in [2.75, 3.05) is 11.9 Å². The highest BCUT2D eigenvalue weighted by Crippen LogP contribution is 2.52. The fraction of sp³-hybridized carbons (Fsp3) is 0.259. The van der Waals surface area contributed by atoms with E-state index >= 15 is 0 Å². The summed E-state index contributed by atoms with van der Waals surface area (Å²) in [4.78, 5) is 24.2. The van der Waals surface area contributed by atoms with E-state index in [1.54, 1.807) is 12.1 Å². The lowest BCUT2D eigenvalue weighted by atomic mass is 9.68. The Balaban J connectivity index is 1.63. The third kappa shape index (κ3) is 3.54. The average Bonchev–Trinajstić information content (AvgIpc) is 2.76. The van der Waals surface area contributed by atoms with Gasteiger partial charge in [0, 0.05) is 23.2 Å². The van der Waals surface area contributed by atoms with Crippen molar-refractivity contribution >= 4 is 33.8 Å². The summed E-state index contributed by atoms with van der Waals surface area (Å²) in [7, 11) is 0. The summed E-state index contributed by atoms with van der Waals surface area (Å²) in [6.07, 6.45) is 1.36. The van der Waals surface area contributed by atoms with Gasteiger partial charge in [-0.15, -0.1) is 0 Å². The highest BCUT2D eigenvalue weighted by Gasteiger charge is 2.40. The Morgan fingerprint density at radius 3 is 2.56 bits per heavy atom. The molecule has 0 fully saturated rings.